The maximum atomic E-state index is 12.8. The van der Waals surface area contributed by atoms with Gasteiger partial charge in [0.1, 0.15) is 16.8 Å². The highest BCUT2D eigenvalue weighted by Crippen LogP contribution is 2.32. The standard InChI is InChI=1S/C17H18N4O3S/c1-10-11(2)24-20-15(10)19-17(22)21-7-8-23-9-13(21)16-18-12-5-3-4-6-14(12)25-16/h3-6,13H,7-9H2,1-2H3,(H,19,20,22). The van der Waals surface area contributed by atoms with E-state index in [-0.39, 0.29) is 12.1 Å². The van der Waals surface area contributed by atoms with Crippen LogP contribution in [0.1, 0.15) is 22.4 Å². The third-order valence-corrected chi connectivity index (χ3v) is 5.50. The van der Waals surface area contributed by atoms with Gasteiger partial charge in [-0.1, -0.05) is 17.3 Å². The zero-order valence-corrected chi connectivity index (χ0v) is 14.8. The molecular formula is C17H18N4O3S. The van der Waals surface area contributed by atoms with Gasteiger partial charge in [0.15, 0.2) is 5.82 Å². The predicted octanol–water partition coefficient (Wildman–Crippen LogP) is 3.51. The van der Waals surface area contributed by atoms with Crippen LogP contribution >= 0.6 is 11.3 Å². The lowest BCUT2D eigenvalue weighted by molar-refractivity contribution is 0.0147. The van der Waals surface area contributed by atoms with Crippen LogP contribution in [0.2, 0.25) is 0 Å². The molecule has 1 unspecified atom stereocenters. The Morgan fingerprint density at radius 1 is 1.36 bits per heavy atom. The largest absolute Gasteiger partial charge is 0.377 e. The number of aromatic nitrogens is 2. The van der Waals surface area contributed by atoms with Crippen LogP contribution in [0, 0.1) is 13.8 Å². The first-order chi connectivity index (χ1) is 12.1. The smallest absolute Gasteiger partial charge is 0.323 e. The Labute approximate surface area is 148 Å². The Bertz CT molecular complexity index is 887. The van der Waals surface area contributed by atoms with E-state index >= 15 is 0 Å². The number of carbonyl (C=O) groups excluding carboxylic acids is 1. The third-order valence-electron chi connectivity index (χ3n) is 4.37. The monoisotopic (exact) mass is 358 g/mol. The summed E-state index contributed by atoms with van der Waals surface area (Å²) < 4.78 is 11.8. The number of anilines is 1. The number of morpholine rings is 1. The fourth-order valence-corrected chi connectivity index (χ4v) is 3.86. The molecule has 0 saturated carbocycles. The van der Waals surface area contributed by atoms with Gasteiger partial charge in [-0.3, -0.25) is 5.32 Å². The third kappa shape index (κ3) is 2.98. The fraction of sp³-hybridized carbons (Fsp3) is 0.353. The number of fused-ring (bicyclic) bond motifs is 1. The van der Waals surface area contributed by atoms with Crippen molar-refractivity contribution in [2.75, 3.05) is 25.1 Å². The van der Waals surface area contributed by atoms with E-state index in [0.717, 1.165) is 20.8 Å². The molecule has 7 nitrogen and oxygen atoms in total. The van der Waals surface area contributed by atoms with Crippen LogP contribution < -0.4 is 5.32 Å². The first-order valence-corrected chi connectivity index (χ1v) is 8.89. The van der Waals surface area contributed by atoms with E-state index in [2.05, 4.69) is 15.5 Å². The van der Waals surface area contributed by atoms with Crippen molar-refractivity contribution in [3.8, 4) is 0 Å². The summed E-state index contributed by atoms with van der Waals surface area (Å²) in [6.07, 6.45) is 0. The van der Waals surface area contributed by atoms with Crippen molar-refractivity contribution in [2.45, 2.75) is 19.9 Å². The molecule has 2 amide bonds. The molecule has 1 aromatic carbocycles. The van der Waals surface area contributed by atoms with Gasteiger partial charge in [0, 0.05) is 12.1 Å². The highest BCUT2D eigenvalue weighted by atomic mass is 32.1. The number of benzene rings is 1. The molecular weight excluding hydrogens is 340 g/mol. The first-order valence-electron chi connectivity index (χ1n) is 8.07. The average Bonchev–Trinajstić information content (AvgIpc) is 3.20. The van der Waals surface area contributed by atoms with Gasteiger partial charge < -0.3 is 14.2 Å². The molecule has 1 saturated heterocycles. The topological polar surface area (TPSA) is 80.5 Å². The average molecular weight is 358 g/mol. The van der Waals surface area contributed by atoms with E-state index in [1.165, 1.54) is 0 Å². The highest BCUT2D eigenvalue weighted by Gasteiger charge is 2.31. The molecule has 1 aliphatic heterocycles. The molecule has 1 aliphatic rings. The Morgan fingerprint density at radius 2 is 2.20 bits per heavy atom. The molecule has 3 aromatic rings. The Morgan fingerprint density at radius 3 is 2.96 bits per heavy atom. The van der Waals surface area contributed by atoms with Gasteiger partial charge in [0.25, 0.3) is 0 Å². The number of nitrogens with zero attached hydrogens (tertiary/aromatic N) is 3. The van der Waals surface area contributed by atoms with Crippen LogP contribution in [-0.2, 0) is 4.74 Å². The number of aryl methyl sites for hydroxylation is 1. The number of ether oxygens (including phenoxy) is 1. The van der Waals surface area contributed by atoms with Gasteiger partial charge in [-0.25, -0.2) is 9.78 Å². The number of hydrogen-bond donors (Lipinski definition) is 1. The van der Waals surface area contributed by atoms with Crippen LogP contribution in [0.25, 0.3) is 10.2 Å². The Kier molecular flexibility index (Phi) is 4.14. The van der Waals surface area contributed by atoms with Crippen molar-refractivity contribution in [2.24, 2.45) is 0 Å². The van der Waals surface area contributed by atoms with Crippen molar-refractivity contribution in [3.05, 3.63) is 40.6 Å². The normalized spacial score (nSPS) is 17.8. The van der Waals surface area contributed by atoms with Gasteiger partial charge in [0.2, 0.25) is 0 Å². The minimum absolute atomic E-state index is 0.209. The molecule has 0 spiro atoms. The number of rotatable bonds is 2. The highest BCUT2D eigenvalue weighted by molar-refractivity contribution is 7.18. The van der Waals surface area contributed by atoms with Crippen LogP contribution in [0.4, 0.5) is 10.6 Å². The maximum absolute atomic E-state index is 12.8. The van der Waals surface area contributed by atoms with Gasteiger partial charge >= 0.3 is 6.03 Å². The number of hydrogen-bond acceptors (Lipinski definition) is 6. The van der Waals surface area contributed by atoms with Crippen molar-refractivity contribution in [1.82, 2.24) is 15.0 Å². The molecule has 1 fully saturated rings. The van der Waals surface area contributed by atoms with Gasteiger partial charge in [-0.2, -0.15) is 0 Å². The molecule has 0 aliphatic carbocycles. The van der Waals surface area contributed by atoms with E-state index in [0.29, 0.717) is 31.3 Å². The number of urea groups is 1. The van der Waals surface area contributed by atoms with Crippen molar-refractivity contribution in [1.29, 1.82) is 0 Å². The molecule has 1 N–H and O–H groups in total. The summed E-state index contributed by atoms with van der Waals surface area (Å²) in [5, 5.41) is 7.62. The summed E-state index contributed by atoms with van der Waals surface area (Å²) in [6, 6.07) is 7.53. The Hall–Kier alpha value is -2.45. The number of nitrogens with one attached hydrogen (secondary N) is 1. The molecule has 3 heterocycles. The second-order valence-electron chi connectivity index (χ2n) is 5.95. The fourth-order valence-electron chi connectivity index (χ4n) is 2.79. The van der Waals surface area contributed by atoms with Crippen molar-refractivity contribution < 1.29 is 14.1 Å². The lowest BCUT2D eigenvalue weighted by Gasteiger charge is -2.34. The van der Waals surface area contributed by atoms with Gasteiger partial charge in [-0.05, 0) is 26.0 Å². The molecule has 1 atom stereocenters. The van der Waals surface area contributed by atoms with Crippen LogP contribution in [0.5, 0.6) is 0 Å². The van der Waals surface area contributed by atoms with E-state index in [9.17, 15) is 4.79 Å². The SMILES string of the molecule is Cc1onc(NC(=O)N2CCOCC2c2nc3ccccc3s2)c1C. The summed E-state index contributed by atoms with van der Waals surface area (Å²) in [5.41, 5.74) is 1.77. The van der Waals surface area contributed by atoms with E-state index in [4.69, 9.17) is 9.26 Å². The summed E-state index contributed by atoms with van der Waals surface area (Å²) in [7, 11) is 0. The minimum Gasteiger partial charge on any atom is -0.377 e. The molecule has 0 bridgehead atoms. The molecule has 25 heavy (non-hydrogen) atoms. The van der Waals surface area contributed by atoms with Gasteiger partial charge in [-0.15, -0.1) is 11.3 Å². The quantitative estimate of drug-likeness (QED) is 0.758. The predicted molar refractivity (Wildman–Crippen MR) is 94.9 cm³/mol. The van der Waals surface area contributed by atoms with E-state index < -0.39 is 0 Å². The minimum atomic E-state index is -0.219. The molecule has 8 heteroatoms. The molecule has 2 aromatic heterocycles. The lowest BCUT2D eigenvalue weighted by atomic mass is 10.2. The maximum Gasteiger partial charge on any atom is 0.323 e. The van der Waals surface area contributed by atoms with Crippen LogP contribution in [0.3, 0.4) is 0 Å². The van der Waals surface area contributed by atoms with Crippen molar-refractivity contribution >= 4 is 33.4 Å². The summed E-state index contributed by atoms with van der Waals surface area (Å²) >= 11 is 1.59. The molecule has 130 valence electrons. The van der Waals surface area contributed by atoms with Crippen molar-refractivity contribution in [3.63, 3.8) is 0 Å². The Balaban J connectivity index is 1.60. The van der Waals surface area contributed by atoms with E-state index in [1.807, 2.05) is 38.1 Å². The molecule has 4 rings (SSSR count). The zero-order chi connectivity index (χ0) is 17.4. The molecule has 0 radical (unpaired) electrons. The number of amides is 2. The van der Waals surface area contributed by atoms with E-state index in [1.54, 1.807) is 16.2 Å². The lowest BCUT2D eigenvalue weighted by Crippen LogP contribution is -2.45. The van der Waals surface area contributed by atoms with Crippen LogP contribution in [0.15, 0.2) is 28.8 Å². The zero-order valence-electron chi connectivity index (χ0n) is 14.0. The summed E-state index contributed by atoms with van der Waals surface area (Å²) in [6.45, 7) is 5.13. The second-order valence-corrected chi connectivity index (χ2v) is 7.01. The number of carbonyl (C=O) groups is 1. The number of thiazole rings is 1. The second kappa shape index (κ2) is 6.45. The van der Waals surface area contributed by atoms with Crippen LogP contribution in [-0.4, -0.2) is 40.8 Å². The summed E-state index contributed by atoms with van der Waals surface area (Å²) in [5.74, 6) is 1.15. The van der Waals surface area contributed by atoms with Gasteiger partial charge in [0.05, 0.1) is 23.4 Å². The summed E-state index contributed by atoms with van der Waals surface area (Å²) in [4.78, 5) is 19.2. The number of para-hydroxylation sites is 1. The first kappa shape index (κ1) is 16.0.